The zero-order valence-electron chi connectivity index (χ0n) is 20.2. The molecule has 184 valence electrons. The molecule has 3 amide bonds. The Kier molecular flexibility index (Phi) is 6.36. The number of benzene rings is 2. The number of amides is 3. The second-order valence-corrected chi connectivity index (χ2v) is 9.34. The first-order valence-corrected chi connectivity index (χ1v) is 12.3. The number of methoxy groups -OCH3 is 2. The molecule has 1 aliphatic carbocycles. The van der Waals surface area contributed by atoms with Crippen LogP contribution in [-0.4, -0.2) is 49.4 Å². The maximum atomic E-state index is 13.7. The van der Waals surface area contributed by atoms with E-state index in [0.717, 1.165) is 25.7 Å². The van der Waals surface area contributed by atoms with Crippen molar-refractivity contribution in [2.24, 2.45) is 0 Å². The molecule has 8 nitrogen and oxygen atoms in total. The van der Waals surface area contributed by atoms with Gasteiger partial charge in [-0.1, -0.05) is 43.9 Å². The third-order valence-corrected chi connectivity index (χ3v) is 7.28. The summed E-state index contributed by atoms with van der Waals surface area (Å²) in [5.74, 6) is 0.286. The van der Waals surface area contributed by atoms with Gasteiger partial charge >= 0.3 is 0 Å². The summed E-state index contributed by atoms with van der Waals surface area (Å²) in [6.45, 7) is 0.202. The van der Waals surface area contributed by atoms with Crippen molar-refractivity contribution < 1.29 is 23.9 Å². The molecule has 1 atom stereocenters. The number of carbonyl (C=O) groups is 3. The van der Waals surface area contributed by atoms with Crippen molar-refractivity contribution in [2.45, 2.75) is 57.2 Å². The van der Waals surface area contributed by atoms with Crippen LogP contribution in [0.1, 0.15) is 77.4 Å². The molecular formula is C27H31N3O5. The number of nitrogens with zero attached hydrogens (tertiary/aromatic N) is 2. The maximum Gasteiger partial charge on any atom is 0.264 e. The smallest absolute Gasteiger partial charge is 0.264 e. The Morgan fingerprint density at radius 1 is 0.971 bits per heavy atom. The van der Waals surface area contributed by atoms with Crippen molar-refractivity contribution in [1.82, 2.24) is 10.2 Å². The van der Waals surface area contributed by atoms with Crippen LogP contribution in [0.2, 0.25) is 0 Å². The fourth-order valence-corrected chi connectivity index (χ4v) is 5.60. The van der Waals surface area contributed by atoms with Crippen molar-refractivity contribution in [3.05, 3.63) is 53.1 Å². The zero-order chi connectivity index (χ0) is 24.5. The minimum Gasteiger partial charge on any atom is -0.493 e. The van der Waals surface area contributed by atoms with E-state index >= 15 is 0 Å². The Hall–Kier alpha value is -3.55. The molecule has 35 heavy (non-hydrogen) atoms. The molecule has 1 N–H and O–H groups in total. The summed E-state index contributed by atoms with van der Waals surface area (Å²) < 4.78 is 11.0. The number of para-hydroxylation sites is 1. The Morgan fingerprint density at radius 2 is 1.71 bits per heavy atom. The van der Waals surface area contributed by atoms with Crippen LogP contribution in [0, 0.1) is 0 Å². The first-order valence-electron chi connectivity index (χ1n) is 12.3. The van der Waals surface area contributed by atoms with Crippen LogP contribution in [0.3, 0.4) is 0 Å². The third kappa shape index (κ3) is 4.00. The molecule has 0 aromatic heterocycles. The van der Waals surface area contributed by atoms with Gasteiger partial charge in [0, 0.05) is 24.6 Å². The Bertz CT molecular complexity index is 1160. The number of anilines is 1. The highest BCUT2D eigenvalue weighted by atomic mass is 16.5. The molecule has 8 heteroatoms. The number of carbonyl (C=O) groups excluding carboxylic acids is 3. The van der Waals surface area contributed by atoms with E-state index in [-0.39, 0.29) is 36.7 Å². The Labute approximate surface area is 205 Å². The van der Waals surface area contributed by atoms with E-state index in [4.69, 9.17) is 9.47 Å². The first kappa shape index (κ1) is 23.2. The van der Waals surface area contributed by atoms with E-state index in [1.165, 1.54) is 27.1 Å². The van der Waals surface area contributed by atoms with E-state index in [1.54, 1.807) is 40.1 Å². The second-order valence-electron chi connectivity index (χ2n) is 9.34. The number of hydrogen-bond acceptors (Lipinski definition) is 5. The van der Waals surface area contributed by atoms with Gasteiger partial charge in [-0.25, -0.2) is 0 Å². The van der Waals surface area contributed by atoms with Gasteiger partial charge in [0.25, 0.3) is 11.8 Å². The topological polar surface area (TPSA) is 88.2 Å². The predicted octanol–water partition coefficient (Wildman–Crippen LogP) is 4.05. The summed E-state index contributed by atoms with van der Waals surface area (Å²) in [5, 5.41) is 3.16. The minimum atomic E-state index is -0.648. The number of nitrogens with one attached hydrogen (secondary N) is 1. The summed E-state index contributed by atoms with van der Waals surface area (Å²) in [6, 6.07) is 10.8. The van der Waals surface area contributed by atoms with Gasteiger partial charge < -0.3 is 19.7 Å². The van der Waals surface area contributed by atoms with Gasteiger partial charge in [-0.15, -0.1) is 0 Å². The van der Waals surface area contributed by atoms with Crippen LogP contribution >= 0.6 is 0 Å². The molecule has 5 rings (SSSR count). The summed E-state index contributed by atoms with van der Waals surface area (Å²) in [4.78, 5) is 43.4. The molecule has 2 aromatic carbocycles. The maximum absolute atomic E-state index is 13.7. The number of fused-ring (bicyclic) bond motifs is 5. The van der Waals surface area contributed by atoms with Crippen molar-refractivity contribution in [2.75, 3.05) is 25.7 Å². The predicted molar refractivity (Wildman–Crippen MR) is 131 cm³/mol. The van der Waals surface area contributed by atoms with Crippen LogP contribution < -0.4 is 19.7 Å². The van der Waals surface area contributed by atoms with Gasteiger partial charge in [-0.3, -0.25) is 19.3 Å². The molecule has 2 aromatic rings. The van der Waals surface area contributed by atoms with Gasteiger partial charge in [0.2, 0.25) is 5.91 Å². The molecule has 1 saturated carbocycles. The van der Waals surface area contributed by atoms with E-state index in [1.807, 2.05) is 6.07 Å². The van der Waals surface area contributed by atoms with E-state index in [2.05, 4.69) is 5.32 Å². The summed E-state index contributed by atoms with van der Waals surface area (Å²) in [6.07, 6.45) is 6.22. The molecule has 0 unspecified atom stereocenters. The molecular weight excluding hydrogens is 446 g/mol. The van der Waals surface area contributed by atoms with E-state index in [9.17, 15) is 14.4 Å². The fourth-order valence-electron chi connectivity index (χ4n) is 5.60. The lowest BCUT2D eigenvalue weighted by molar-refractivity contribution is -0.122. The quantitative estimate of drug-likeness (QED) is 0.635. The lowest BCUT2D eigenvalue weighted by atomic mass is 10.0. The van der Waals surface area contributed by atoms with Crippen LogP contribution in [0.5, 0.6) is 11.5 Å². The van der Waals surface area contributed by atoms with Crippen LogP contribution in [-0.2, 0) is 4.79 Å². The lowest BCUT2D eigenvalue weighted by Crippen LogP contribution is -2.49. The molecule has 0 bridgehead atoms. The fraction of sp³-hybridized carbons (Fsp3) is 0.444. The van der Waals surface area contributed by atoms with Crippen LogP contribution in [0.25, 0.3) is 0 Å². The normalized spacial score (nSPS) is 19.5. The highest BCUT2D eigenvalue weighted by Crippen LogP contribution is 2.49. The number of ether oxygens (including phenoxy) is 2. The highest BCUT2D eigenvalue weighted by molar-refractivity contribution is 6.18. The Morgan fingerprint density at radius 3 is 2.43 bits per heavy atom. The first-order chi connectivity index (χ1) is 17.0. The highest BCUT2D eigenvalue weighted by Gasteiger charge is 2.49. The SMILES string of the molecule is COc1ccc2c(c1OC)C(=O)N1c3ccccc3C(=O)N(CCC(=O)NC3CCCCCC3)[C@H]21. The summed E-state index contributed by atoms with van der Waals surface area (Å²) in [5.41, 5.74) is 2.05. The molecule has 2 heterocycles. The molecule has 2 aliphatic heterocycles. The average molecular weight is 478 g/mol. The van der Waals surface area contributed by atoms with Gasteiger partial charge in [0.15, 0.2) is 11.5 Å². The lowest BCUT2D eigenvalue weighted by Gasteiger charge is -2.40. The van der Waals surface area contributed by atoms with Crippen LogP contribution in [0.4, 0.5) is 5.69 Å². The number of hydrogen-bond donors (Lipinski definition) is 1. The monoisotopic (exact) mass is 477 g/mol. The van der Waals surface area contributed by atoms with Gasteiger partial charge in [0.05, 0.1) is 31.0 Å². The van der Waals surface area contributed by atoms with Crippen molar-refractivity contribution in [1.29, 1.82) is 0 Å². The average Bonchev–Trinajstić information content (AvgIpc) is 3.01. The van der Waals surface area contributed by atoms with E-state index in [0.29, 0.717) is 33.9 Å². The molecule has 3 aliphatic rings. The van der Waals surface area contributed by atoms with Gasteiger partial charge in [0.1, 0.15) is 6.17 Å². The minimum absolute atomic E-state index is 0.0630. The Balaban J connectivity index is 1.46. The third-order valence-electron chi connectivity index (χ3n) is 7.28. The van der Waals surface area contributed by atoms with Gasteiger partial charge in [-0.2, -0.15) is 0 Å². The van der Waals surface area contributed by atoms with Gasteiger partial charge in [-0.05, 0) is 31.0 Å². The van der Waals surface area contributed by atoms with Crippen molar-refractivity contribution in [3.63, 3.8) is 0 Å². The molecule has 0 radical (unpaired) electrons. The largest absolute Gasteiger partial charge is 0.493 e. The van der Waals surface area contributed by atoms with Crippen LogP contribution in [0.15, 0.2) is 36.4 Å². The van der Waals surface area contributed by atoms with Crippen molar-refractivity contribution >= 4 is 23.4 Å². The molecule has 0 spiro atoms. The summed E-state index contributed by atoms with van der Waals surface area (Å²) in [7, 11) is 3.02. The standard InChI is InChI=1S/C27H31N3O5/c1-34-21-14-13-19-23(24(21)35-2)27(33)30-20-12-8-7-11-18(20)26(32)29(25(19)30)16-15-22(31)28-17-9-5-3-4-6-10-17/h7-8,11-14,17,25H,3-6,9-10,15-16H2,1-2H3,(H,28,31)/t25-/m0/s1. The second kappa shape index (κ2) is 9.60. The summed E-state index contributed by atoms with van der Waals surface area (Å²) >= 11 is 0. The number of rotatable bonds is 6. The van der Waals surface area contributed by atoms with Crippen molar-refractivity contribution in [3.8, 4) is 11.5 Å². The zero-order valence-corrected chi connectivity index (χ0v) is 20.2. The van der Waals surface area contributed by atoms with E-state index < -0.39 is 6.17 Å². The molecule has 1 fully saturated rings. The molecule has 0 saturated heterocycles.